The zero-order valence-electron chi connectivity index (χ0n) is 14.4. The molecule has 8 heteroatoms. The van der Waals surface area contributed by atoms with Crippen molar-refractivity contribution in [2.75, 3.05) is 32.7 Å². The van der Waals surface area contributed by atoms with E-state index >= 15 is 0 Å². The second-order valence-corrected chi connectivity index (χ2v) is 5.65. The number of nitrogens with one attached hydrogen (secondary N) is 2. The first-order valence-corrected chi connectivity index (χ1v) is 8.57. The molecule has 0 spiro atoms. The molecule has 2 rings (SSSR count). The first kappa shape index (κ1) is 20.7. The Hall–Kier alpha value is -1.32. The average Bonchev–Trinajstić information content (AvgIpc) is 3.20. The highest BCUT2D eigenvalue weighted by molar-refractivity contribution is 14.0. The van der Waals surface area contributed by atoms with Crippen LogP contribution in [0.25, 0.3) is 0 Å². The number of guanidine groups is 1. The number of hydrogen-bond acceptors (Lipinski definition) is 3. The van der Waals surface area contributed by atoms with Crippen molar-refractivity contribution in [2.24, 2.45) is 4.99 Å². The minimum absolute atomic E-state index is 0. The van der Waals surface area contributed by atoms with E-state index in [1.54, 1.807) is 6.20 Å². The minimum Gasteiger partial charge on any atom is -0.357 e. The maximum atomic E-state index is 11.5. The van der Waals surface area contributed by atoms with Crippen molar-refractivity contribution < 1.29 is 4.79 Å². The van der Waals surface area contributed by atoms with Crippen LogP contribution in [0.1, 0.15) is 32.6 Å². The van der Waals surface area contributed by atoms with Gasteiger partial charge >= 0.3 is 0 Å². The summed E-state index contributed by atoms with van der Waals surface area (Å²) < 4.78 is 1.93. The highest BCUT2D eigenvalue weighted by atomic mass is 127. The van der Waals surface area contributed by atoms with Gasteiger partial charge in [0.25, 0.3) is 0 Å². The van der Waals surface area contributed by atoms with Crippen LogP contribution in [0.4, 0.5) is 0 Å². The summed E-state index contributed by atoms with van der Waals surface area (Å²) in [5.74, 6) is 1.14. The largest absolute Gasteiger partial charge is 0.357 e. The molecule has 136 valence electrons. The van der Waals surface area contributed by atoms with Crippen LogP contribution in [0.2, 0.25) is 0 Å². The molecule has 1 aromatic heterocycles. The molecule has 0 unspecified atom stereocenters. The molecule has 1 amide bonds. The second-order valence-electron chi connectivity index (χ2n) is 5.65. The number of halogens is 1. The molecule has 1 aromatic rings. The number of aryl methyl sites for hydroxylation is 1. The standard InChI is InChI=1S/C16H28N6O.HI/c1-2-17-16(19-9-5-13-22-14-6-10-20-22)18-8-4-12-21-11-3-7-15(21)23;/h6,10,14H,2-5,7-9,11-13H2,1H3,(H2,17,18,19);1H. The summed E-state index contributed by atoms with van der Waals surface area (Å²) in [5.41, 5.74) is 0. The second kappa shape index (κ2) is 12.1. The van der Waals surface area contributed by atoms with Gasteiger partial charge in [0, 0.05) is 58.1 Å². The average molecular weight is 448 g/mol. The fraction of sp³-hybridized carbons (Fsp3) is 0.688. The van der Waals surface area contributed by atoms with Gasteiger partial charge in [-0.2, -0.15) is 5.10 Å². The number of amides is 1. The molecule has 7 nitrogen and oxygen atoms in total. The third kappa shape index (κ3) is 7.50. The number of nitrogens with zero attached hydrogens (tertiary/aromatic N) is 4. The normalized spacial score (nSPS) is 14.6. The van der Waals surface area contributed by atoms with Crippen molar-refractivity contribution in [3.63, 3.8) is 0 Å². The van der Waals surface area contributed by atoms with Crippen LogP contribution >= 0.6 is 24.0 Å². The predicted molar refractivity (Wildman–Crippen MR) is 107 cm³/mol. The van der Waals surface area contributed by atoms with Crippen molar-refractivity contribution in [2.45, 2.75) is 39.2 Å². The first-order chi connectivity index (χ1) is 11.3. The molecule has 1 saturated heterocycles. The molecule has 0 saturated carbocycles. The molecule has 2 N–H and O–H groups in total. The van der Waals surface area contributed by atoms with Crippen molar-refractivity contribution >= 4 is 35.8 Å². The molecule has 1 fully saturated rings. The van der Waals surface area contributed by atoms with E-state index in [0.29, 0.717) is 6.42 Å². The van der Waals surface area contributed by atoms with Crippen LogP contribution in [0, 0.1) is 0 Å². The lowest BCUT2D eigenvalue weighted by Gasteiger charge is -2.15. The van der Waals surface area contributed by atoms with Gasteiger partial charge in [0.1, 0.15) is 0 Å². The van der Waals surface area contributed by atoms with Gasteiger partial charge in [0.15, 0.2) is 5.96 Å². The summed E-state index contributed by atoms with van der Waals surface area (Å²) in [5, 5.41) is 10.8. The quantitative estimate of drug-likeness (QED) is 0.260. The summed E-state index contributed by atoms with van der Waals surface area (Å²) in [6.45, 7) is 7.12. The monoisotopic (exact) mass is 448 g/mol. The Bertz CT molecular complexity index is 491. The van der Waals surface area contributed by atoms with E-state index in [0.717, 1.165) is 64.5 Å². The summed E-state index contributed by atoms with van der Waals surface area (Å²) in [4.78, 5) is 18.0. The number of aliphatic imine (C=N–C) groups is 1. The van der Waals surface area contributed by atoms with Gasteiger partial charge in [0.05, 0.1) is 0 Å². The van der Waals surface area contributed by atoms with Crippen molar-refractivity contribution in [3.8, 4) is 0 Å². The maximum Gasteiger partial charge on any atom is 0.222 e. The van der Waals surface area contributed by atoms with Crippen molar-refractivity contribution in [3.05, 3.63) is 18.5 Å². The molecule has 0 aromatic carbocycles. The van der Waals surface area contributed by atoms with E-state index < -0.39 is 0 Å². The minimum atomic E-state index is 0. The Balaban J connectivity index is 0.00000288. The van der Waals surface area contributed by atoms with E-state index in [1.165, 1.54) is 0 Å². The summed E-state index contributed by atoms with van der Waals surface area (Å²) in [6, 6.07) is 1.93. The number of rotatable bonds is 9. The smallest absolute Gasteiger partial charge is 0.222 e. The van der Waals surface area contributed by atoms with Crippen molar-refractivity contribution in [1.29, 1.82) is 0 Å². The molecule has 2 heterocycles. The van der Waals surface area contributed by atoms with Gasteiger partial charge in [-0.15, -0.1) is 24.0 Å². The lowest BCUT2D eigenvalue weighted by molar-refractivity contribution is -0.127. The van der Waals surface area contributed by atoms with E-state index in [9.17, 15) is 4.79 Å². The molecule has 24 heavy (non-hydrogen) atoms. The number of hydrogen-bond donors (Lipinski definition) is 2. The van der Waals surface area contributed by atoms with E-state index in [1.807, 2.05) is 21.8 Å². The SMILES string of the molecule is CCNC(=NCCCN1CCCC1=O)NCCCn1cccn1.I. The Morgan fingerprint density at radius 3 is 2.88 bits per heavy atom. The Labute approximate surface area is 161 Å². The molecule has 1 aliphatic rings. The number of carbonyl (C=O) groups is 1. The van der Waals surface area contributed by atoms with E-state index in [4.69, 9.17) is 0 Å². The molecule has 1 aliphatic heterocycles. The summed E-state index contributed by atoms with van der Waals surface area (Å²) >= 11 is 0. The lowest BCUT2D eigenvalue weighted by atomic mass is 10.4. The molecule has 0 bridgehead atoms. The maximum absolute atomic E-state index is 11.5. The third-order valence-corrected chi connectivity index (χ3v) is 3.79. The van der Waals surface area contributed by atoms with Gasteiger partial charge in [-0.1, -0.05) is 0 Å². The fourth-order valence-corrected chi connectivity index (χ4v) is 2.62. The number of likely N-dealkylation sites (tertiary alicyclic amines) is 1. The van der Waals surface area contributed by atoms with Gasteiger partial charge in [-0.3, -0.25) is 14.5 Å². The zero-order valence-corrected chi connectivity index (χ0v) is 16.7. The molecular weight excluding hydrogens is 419 g/mol. The van der Waals surface area contributed by atoms with Gasteiger partial charge < -0.3 is 15.5 Å². The molecule has 0 radical (unpaired) electrons. The van der Waals surface area contributed by atoms with Crippen LogP contribution in [0.15, 0.2) is 23.5 Å². The fourth-order valence-electron chi connectivity index (χ4n) is 2.62. The molecule has 0 atom stereocenters. The Morgan fingerprint density at radius 2 is 2.21 bits per heavy atom. The summed E-state index contributed by atoms with van der Waals surface area (Å²) in [7, 11) is 0. The van der Waals surface area contributed by atoms with Crippen LogP contribution < -0.4 is 10.6 Å². The Morgan fingerprint density at radius 1 is 1.33 bits per heavy atom. The number of carbonyl (C=O) groups excluding carboxylic acids is 1. The topological polar surface area (TPSA) is 74.6 Å². The van der Waals surface area contributed by atoms with Crippen molar-refractivity contribution in [1.82, 2.24) is 25.3 Å². The zero-order chi connectivity index (χ0) is 16.3. The van der Waals surface area contributed by atoms with Gasteiger partial charge in [-0.25, -0.2) is 0 Å². The van der Waals surface area contributed by atoms with E-state index in [2.05, 4.69) is 27.6 Å². The third-order valence-electron chi connectivity index (χ3n) is 3.79. The van der Waals surface area contributed by atoms with Crippen LogP contribution in [-0.4, -0.2) is 59.3 Å². The Kier molecular flexibility index (Phi) is 10.4. The van der Waals surface area contributed by atoms with Gasteiger partial charge in [0.2, 0.25) is 5.91 Å². The van der Waals surface area contributed by atoms with E-state index in [-0.39, 0.29) is 29.9 Å². The summed E-state index contributed by atoms with van der Waals surface area (Å²) in [6.07, 6.45) is 7.39. The predicted octanol–water partition coefficient (Wildman–Crippen LogP) is 1.46. The lowest BCUT2D eigenvalue weighted by Crippen LogP contribution is -2.38. The molecule has 0 aliphatic carbocycles. The van der Waals surface area contributed by atoms with Crippen LogP contribution in [-0.2, 0) is 11.3 Å². The highest BCUT2D eigenvalue weighted by Crippen LogP contribution is 2.09. The van der Waals surface area contributed by atoms with Crippen LogP contribution in [0.5, 0.6) is 0 Å². The first-order valence-electron chi connectivity index (χ1n) is 8.57. The molecular formula is C16H29IN6O. The van der Waals surface area contributed by atoms with Gasteiger partial charge in [-0.05, 0) is 32.3 Å². The van der Waals surface area contributed by atoms with Crippen LogP contribution in [0.3, 0.4) is 0 Å². The highest BCUT2D eigenvalue weighted by Gasteiger charge is 2.18. The number of aromatic nitrogens is 2.